The molecule has 116 valence electrons. The van der Waals surface area contributed by atoms with Gasteiger partial charge in [0, 0.05) is 6.54 Å². The first-order chi connectivity index (χ1) is 9.90. The van der Waals surface area contributed by atoms with E-state index in [2.05, 4.69) is 0 Å². The Morgan fingerprint density at radius 2 is 2.00 bits per heavy atom. The van der Waals surface area contributed by atoms with Crippen LogP contribution < -0.4 is 4.74 Å². The molecule has 7 heteroatoms. The molecule has 1 atom stereocenters. The third-order valence-electron chi connectivity index (χ3n) is 3.33. The largest absolute Gasteiger partial charge is 0.489 e. The summed E-state index contributed by atoms with van der Waals surface area (Å²) in [5.41, 5.74) is -0.711. The van der Waals surface area contributed by atoms with Crippen molar-refractivity contribution in [2.75, 3.05) is 19.0 Å². The average Bonchev–Trinajstić information content (AvgIpc) is 2.46. The van der Waals surface area contributed by atoms with Gasteiger partial charge in [0.1, 0.15) is 17.7 Å². The van der Waals surface area contributed by atoms with Crippen LogP contribution in [0.5, 0.6) is 5.75 Å². The number of carbonyl (C=O) groups is 1. The summed E-state index contributed by atoms with van der Waals surface area (Å²) in [7, 11) is 0. The molecule has 1 saturated heterocycles. The van der Waals surface area contributed by atoms with Gasteiger partial charge in [-0.15, -0.1) is 11.6 Å². The fraction of sp³-hybridized carbons (Fsp3) is 0.500. The average molecular weight is 322 g/mol. The zero-order valence-electron chi connectivity index (χ0n) is 11.2. The number of hydrogen-bond donors (Lipinski definition) is 0. The van der Waals surface area contributed by atoms with Crippen molar-refractivity contribution in [2.24, 2.45) is 0 Å². The summed E-state index contributed by atoms with van der Waals surface area (Å²) in [4.78, 5) is 13.1. The van der Waals surface area contributed by atoms with Crippen LogP contribution in [-0.4, -0.2) is 35.9 Å². The second-order valence-corrected chi connectivity index (χ2v) is 5.14. The SMILES string of the molecule is O=C(CCl)N1CCCC(Oc2ccc(C(F)(F)F)cc2)C1. The van der Waals surface area contributed by atoms with Crippen LogP contribution in [0.3, 0.4) is 0 Å². The molecule has 0 aliphatic carbocycles. The molecule has 1 amide bonds. The Morgan fingerprint density at radius 3 is 2.57 bits per heavy atom. The van der Waals surface area contributed by atoms with Crippen LogP contribution in [-0.2, 0) is 11.0 Å². The molecule has 1 aromatic carbocycles. The molecule has 0 radical (unpaired) electrons. The predicted octanol–water partition coefficient (Wildman–Crippen LogP) is 3.31. The number of piperidine rings is 1. The lowest BCUT2D eigenvalue weighted by Crippen LogP contribution is -2.44. The second kappa shape index (κ2) is 6.56. The number of hydrogen-bond acceptors (Lipinski definition) is 2. The molecule has 2 rings (SSSR count). The minimum absolute atomic E-state index is 0.0764. The lowest BCUT2D eigenvalue weighted by molar-refractivity contribution is -0.137. The molecule has 3 nitrogen and oxygen atoms in total. The minimum atomic E-state index is -4.35. The number of halogens is 4. The van der Waals surface area contributed by atoms with Crippen LogP contribution in [0.4, 0.5) is 13.2 Å². The highest BCUT2D eigenvalue weighted by atomic mass is 35.5. The van der Waals surface area contributed by atoms with Crippen LogP contribution >= 0.6 is 11.6 Å². The maximum absolute atomic E-state index is 12.5. The van der Waals surface area contributed by atoms with Gasteiger partial charge in [-0.25, -0.2) is 0 Å². The number of rotatable bonds is 3. The van der Waals surface area contributed by atoms with Crippen molar-refractivity contribution in [3.05, 3.63) is 29.8 Å². The minimum Gasteiger partial charge on any atom is -0.489 e. The van der Waals surface area contributed by atoms with E-state index in [1.165, 1.54) is 12.1 Å². The van der Waals surface area contributed by atoms with Crippen LogP contribution in [0.2, 0.25) is 0 Å². The van der Waals surface area contributed by atoms with Gasteiger partial charge in [0.2, 0.25) is 5.91 Å². The maximum Gasteiger partial charge on any atom is 0.416 e. The quantitative estimate of drug-likeness (QED) is 0.799. The van der Waals surface area contributed by atoms with Crippen molar-refractivity contribution < 1.29 is 22.7 Å². The topological polar surface area (TPSA) is 29.5 Å². The highest BCUT2D eigenvalue weighted by molar-refractivity contribution is 6.27. The van der Waals surface area contributed by atoms with E-state index in [1.54, 1.807) is 4.90 Å². The molecule has 1 heterocycles. The van der Waals surface area contributed by atoms with Crippen molar-refractivity contribution in [3.63, 3.8) is 0 Å². The van der Waals surface area contributed by atoms with E-state index in [1.807, 2.05) is 0 Å². The molecule has 1 aromatic rings. The summed E-state index contributed by atoms with van der Waals surface area (Å²) < 4.78 is 43.0. The predicted molar refractivity (Wildman–Crippen MR) is 72.4 cm³/mol. The molecule has 1 aliphatic heterocycles. The van der Waals surface area contributed by atoms with Gasteiger partial charge in [0.25, 0.3) is 0 Å². The van der Waals surface area contributed by atoms with Crippen molar-refractivity contribution in [1.29, 1.82) is 0 Å². The first-order valence-electron chi connectivity index (χ1n) is 6.58. The molecule has 0 N–H and O–H groups in total. The van der Waals surface area contributed by atoms with E-state index in [4.69, 9.17) is 16.3 Å². The van der Waals surface area contributed by atoms with Gasteiger partial charge < -0.3 is 9.64 Å². The highest BCUT2D eigenvalue weighted by Gasteiger charge is 2.30. The Hall–Kier alpha value is -1.43. The summed E-state index contributed by atoms with van der Waals surface area (Å²) in [5.74, 6) is 0.137. The molecule has 0 aromatic heterocycles. The number of amides is 1. The molecule has 0 bridgehead atoms. The molecule has 1 fully saturated rings. The van der Waals surface area contributed by atoms with E-state index in [-0.39, 0.29) is 17.9 Å². The van der Waals surface area contributed by atoms with Crippen LogP contribution in [0.15, 0.2) is 24.3 Å². The van der Waals surface area contributed by atoms with Gasteiger partial charge in [-0.2, -0.15) is 13.2 Å². The zero-order valence-corrected chi connectivity index (χ0v) is 12.0. The summed E-state index contributed by atoms with van der Waals surface area (Å²) in [5, 5.41) is 0. The van der Waals surface area contributed by atoms with E-state index < -0.39 is 11.7 Å². The van der Waals surface area contributed by atoms with Gasteiger partial charge in [-0.05, 0) is 37.1 Å². The number of likely N-dealkylation sites (tertiary alicyclic amines) is 1. The highest BCUT2D eigenvalue weighted by Crippen LogP contribution is 2.30. The Morgan fingerprint density at radius 1 is 1.33 bits per heavy atom. The standard InChI is InChI=1S/C14H15ClF3NO2/c15-8-13(20)19-7-1-2-12(9-19)21-11-5-3-10(4-6-11)14(16,17)18/h3-6,12H,1-2,7-9H2. The number of ether oxygens (including phenoxy) is 1. The van der Waals surface area contributed by atoms with E-state index in [0.717, 1.165) is 25.0 Å². The lowest BCUT2D eigenvalue weighted by Gasteiger charge is -2.32. The van der Waals surface area contributed by atoms with E-state index in [0.29, 0.717) is 18.8 Å². The Labute approximate surface area is 125 Å². The van der Waals surface area contributed by atoms with Crippen LogP contribution in [0, 0.1) is 0 Å². The van der Waals surface area contributed by atoms with Crippen LogP contribution in [0.1, 0.15) is 18.4 Å². The summed E-state index contributed by atoms with van der Waals surface area (Å²) in [6.45, 7) is 1.05. The van der Waals surface area contributed by atoms with Crippen molar-refractivity contribution >= 4 is 17.5 Å². The second-order valence-electron chi connectivity index (χ2n) is 4.88. The van der Waals surface area contributed by atoms with Gasteiger partial charge >= 0.3 is 6.18 Å². The Kier molecular flexibility index (Phi) is 4.98. The molecule has 0 spiro atoms. The molecular formula is C14H15ClF3NO2. The third-order valence-corrected chi connectivity index (χ3v) is 3.56. The molecule has 0 saturated carbocycles. The smallest absolute Gasteiger partial charge is 0.416 e. The molecule has 1 unspecified atom stereocenters. The number of carbonyl (C=O) groups excluding carboxylic acids is 1. The van der Waals surface area contributed by atoms with E-state index >= 15 is 0 Å². The number of alkyl halides is 4. The Balaban J connectivity index is 1.96. The third kappa shape index (κ3) is 4.27. The summed E-state index contributed by atoms with van der Waals surface area (Å²) >= 11 is 5.51. The molecule has 21 heavy (non-hydrogen) atoms. The first kappa shape index (κ1) is 15.9. The number of nitrogens with zero attached hydrogens (tertiary/aromatic N) is 1. The molecule has 1 aliphatic rings. The van der Waals surface area contributed by atoms with Crippen molar-refractivity contribution in [2.45, 2.75) is 25.1 Å². The normalized spacial score (nSPS) is 19.4. The monoisotopic (exact) mass is 321 g/mol. The maximum atomic E-state index is 12.5. The van der Waals surface area contributed by atoms with E-state index in [9.17, 15) is 18.0 Å². The summed E-state index contributed by atoms with van der Waals surface area (Å²) in [6, 6.07) is 4.57. The van der Waals surface area contributed by atoms with Crippen molar-refractivity contribution in [3.8, 4) is 5.75 Å². The zero-order chi connectivity index (χ0) is 15.5. The van der Waals surface area contributed by atoms with Gasteiger partial charge in [-0.3, -0.25) is 4.79 Å². The fourth-order valence-electron chi connectivity index (χ4n) is 2.26. The summed E-state index contributed by atoms with van der Waals surface area (Å²) in [6.07, 6.45) is -3.03. The van der Waals surface area contributed by atoms with Crippen molar-refractivity contribution in [1.82, 2.24) is 4.90 Å². The van der Waals surface area contributed by atoms with Gasteiger partial charge in [-0.1, -0.05) is 0 Å². The lowest BCUT2D eigenvalue weighted by atomic mass is 10.1. The first-order valence-corrected chi connectivity index (χ1v) is 7.11. The Bertz CT molecular complexity index is 490. The molecular weight excluding hydrogens is 307 g/mol. The fourth-order valence-corrected chi connectivity index (χ4v) is 2.43. The van der Waals surface area contributed by atoms with Crippen LogP contribution in [0.25, 0.3) is 0 Å². The number of benzene rings is 1. The van der Waals surface area contributed by atoms with Gasteiger partial charge in [0.15, 0.2) is 0 Å². The van der Waals surface area contributed by atoms with Gasteiger partial charge in [0.05, 0.1) is 12.1 Å².